The Hall–Kier alpha value is -3.61. The van der Waals surface area contributed by atoms with Crippen molar-refractivity contribution < 1.29 is 5.11 Å². The molecule has 2 aromatic heterocycles. The molecule has 0 amide bonds. The zero-order valence-electron chi connectivity index (χ0n) is 14.8. The maximum atomic E-state index is 12.4. The highest BCUT2D eigenvalue weighted by Crippen LogP contribution is 2.22. The fraction of sp³-hybridized carbons (Fsp3) is 0.150. The molecule has 0 unspecified atom stereocenters. The number of nitrogens with zero attached hydrogens (tertiary/aromatic N) is 3. The molecule has 0 aliphatic heterocycles. The molecule has 0 spiro atoms. The molecule has 4 rings (SSSR count). The molecule has 0 bridgehead atoms. The van der Waals surface area contributed by atoms with Gasteiger partial charge in [0.2, 0.25) is 0 Å². The van der Waals surface area contributed by atoms with E-state index in [0.717, 1.165) is 23.2 Å². The molecule has 0 aliphatic rings. The van der Waals surface area contributed by atoms with Crippen molar-refractivity contribution in [2.45, 2.75) is 19.9 Å². The monoisotopic (exact) mass is 361 g/mol. The van der Waals surface area contributed by atoms with Crippen molar-refractivity contribution in [2.24, 2.45) is 0 Å². The molecule has 0 atom stereocenters. The summed E-state index contributed by atoms with van der Waals surface area (Å²) in [5, 5.41) is 15.9. The van der Waals surface area contributed by atoms with Crippen LogP contribution in [-0.2, 0) is 13.0 Å². The molecule has 0 fully saturated rings. The van der Waals surface area contributed by atoms with E-state index in [4.69, 9.17) is 0 Å². The van der Waals surface area contributed by atoms with E-state index in [0.29, 0.717) is 23.8 Å². The van der Waals surface area contributed by atoms with Gasteiger partial charge in [-0.3, -0.25) is 9.89 Å². The van der Waals surface area contributed by atoms with Crippen LogP contribution in [0.25, 0.3) is 17.2 Å². The van der Waals surface area contributed by atoms with Gasteiger partial charge in [0, 0.05) is 23.4 Å². The minimum atomic E-state index is -0.224. The zero-order chi connectivity index (χ0) is 18.8. The van der Waals surface area contributed by atoms with Crippen LogP contribution in [0.2, 0.25) is 0 Å². The molecule has 136 valence electrons. The van der Waals surface area contributed by atoms with Crippen LogP contribution in [0.1, 0.15) is 18.2 Å². The Morgan fingerprint density at radius 1 is 1.11 bits per heavy atom. The molecule has 2 aromatic carbocycles. The van der Waals surface area contributed by atoms with Gasteiger partial charge in [0.05, 0.1) is 12.2 Å². The van der Waals surface area contributed by atoms with E-state index in [1.807, 2.05) is 43.3 Å². The summed E-state index contributed by atoms with van der Waals surface area (Å²) >= 11 is 0. The first-order chi connectivity index (χ1) is 13.1. The number of hydrogen-bond donors (Lipinski definition) is 3. The van der Waals surface area contributed by atoms with Gasteiger partial charge in [-0.2, -0.15) is 9.50 Å². The number of aromatic amines is 1. The van der Waals surface area contributed by atoms with Gasteiger partial charge < -0.3 is 10.4 Å². The molecule has 0 saturated heterocycles. The zero-order valence-corrected chi connectivity index (χ0v) is 14.8. The number of aromatic nitrogens is 4. The third-order valence-corrected chi connectivity index (χ3v) is 4.37. The number of aryl methyl sites for hydroxylation is 1. The molecule has 7 heteroatoms. The summed E-state index contributed by atoms with van der Waals surface area (Å²) in [5.41, 5.74) is 3.15. The van der Waals surface area contributed by atoms with E-state index in [-0.39, 0.29) is 11.3 Å². The molecular weight excluding hydrogens is 342 g/mol. The number of rotatable bonds is 5. The smallest absolute Gasteiger partial charge is 0.274 e. The van der Waals surface area contributed by atoms with Gasteiger partial charge in [0.15, 0.2) is 5.82 Å². The number of hydrogen-bond acceptors (Lipinski definition) is 5. The summed E-state index contributed by atoms with van der Waals surface area (Å²) in [6.07, 6.45) is 0.831. The van der Waals surface area contributed by atoms with Crippen molar-refractivity contribution >= 4 is 11.5 Å². The van der Waals surface area contributed by atoms with Crippen LogP contribution in [0.5, 0.6) is 5.75 Å². The maximum absolute atomic E-state index is 12.4. The van der Waals surface area contributed by atoms with Crippen LogP contribution >= 0.6 is 0 Å². The summed E-state index contributed by atoms with van der Waals surface area (Å²) in [4.78, 5) is 21.3. The lowest BCUT2D eigenvalue weighted by molar-refractivity contribution is 0.475. The Bertz CT molecular complexity index is 1150. The third kappa shape index (κ3) is 3.39. The number of phenols is 1. The fourth-order valence-corrected chi connectivity index (χ4v) is 2.97. The van der Waals surface area contributed by atoms with Crippen molar-refractivity contribution in [3.8, 4) is 17.1 Å². The maximum Gasteiger partial charge on any atom is 0.274 e. The largest absolute Gasteiger partial charge is 0.508 e. The van der Waals surface area contributed by atoms with Gasteiger partial charge in [-0.05, 0) is 18.1 Å². The average Bonchev–Trinajstić information content (AvgIpc) is 3.12. The lowest BCUT2D eigenvalue weighted by Gasteiger charge is -2.11. The summed E-state index contributed by atoms with van der Waals surface area (Å²) < 4.78 is 1.33. The highest BCUT2D eigenvalue weighted by molar-refractivity contribution is 5.57. The van der Waals surface area contributed by atoms with Crippen LogP contribution in [0.15, 0.2) is 59.4 Å². The number of aromatic hydroxyl groups is 1. The Kier molecular flexibility index (Phi) is 4.33. The predicted octanol–water partition coefficient (Wildman–Crippen LogP) is 2.96. The van der Waals surface area contributed by atoms with Gasteiger partial charge in [0.1, 0.15) is 5.75 Å². The topological polar surface area (TPSA) is 95.3 Å². The highest BCUT2D eigenvalue weighted by atomic mass is 16.3. The van der Waals surface area contributed by atoms with Crippen LogP contribution < -0.4 is 10.9 Å². The Labute approximate surface area is 155 Å². The summed E-state index contributed by atoms with van der Waals surface area (Å²) in [6.45, 7) is 2.40. The van der Waals surface area contributed by atoms with Crippen LogP contribution in [0, 0.1) is 0 Å². The number of fused-ring (bicyclic) bond motifs is 1. The summed E-state index contributed by atoms with van der Waals surface area (Å²) in [5.74, 6) is 1.11. The second kappa shape index (κ2) is 6.95. The number of phenolic OH excluding ortho intramolecular Hbond substituents is 1. The van der Waals surface area contributed by atoms with Crippen LogP contribution in [-0.4, -0.2) is 24.7 Å². The fourth-order valence-electron chi connectivity index (χ4n) is 2.97. The highest BCUT2D eigenvalue weighted by Gasteiger charge is 2.10. The molecule has 7 nitrogen and oxygen atoms in total. The Morgan fingerprint density at radius 2 is 1.93 bits per heavy atom. The van der Waals surface area contributed by atoms with Gasteiger partial charge in [-0.15, -0.1) is 0 Å². The van der Waals surface area contributed by atoms with Gasteiger partial charge >= 0.3 is 0 Å². The second-order valence-electron chi connectivity index (χ2n) is 6.21. The van der Waals surface area contributed by atoms with Crippen molar-refractivity contribution in [3.05, 3.63) is 76.2 Å². The van der Waals surface area contributed by atoms with Crippen molar-refractivity contribution in [1.82, 2.24) is 19.6 Å². The average molecular weight is 361 g/mol. The van der Waals surface area contributed by atoms with E-state index in [9.17, 15) is 9.90 Å². The first kappa shape index (κ1) is 16.8. The van der Waals surface area contributed by atoms with Gasteiger partial charge in [-0.1, -0.05) is 43.3 Å². The number of nitrogens with one attached hydrogen (secondary N) is 2. The lowest BCUT2D eigenvalue weighted by atomic mass is 10.1. The number of benzene rings is 2. The SMILES string of the molecule is CCc1ccc(O)cc1NCc1cc(=O)n2[nH]c(-c3ccccc3)nc2n1. The lowest BCUT2D eigenvalue weighted by Crippen LogP contribution is -2.17. The Balaban J connectivity index is 1.64. The number of H-pyrrole nitrogens is 1. The minimum absolute atomic E-state index is 0.193. The molecular formula is C20H19N5O2. The van der Waals surface area contributed by atoms with Crippen molar-refractivity contribution in [3.63, 3.8) is 0 Å². The molecule has 0 aliphatic carbocycles. The quantitative estimate of drug-likeness (QED) is 0.508. The predicted molar refractivity (Wildman–Crippen MR) is 104 cm³/mol. The molecule has 2 heterocycles. The van der Waals surface area contributed by atoms with E-state index in [1.165, 1.54) is 10.6 Å². The first-order valence-corrected chi connectivity index (χ1v) is 8.74. The molecule has 0 saturated carbocycles. The molecule has 4 aromatic rings. The van der Waals surface area contributed by atoms with Crippen molar-refractivity contribution in [2.75, 3.05) is 5.32 Å². The molecule has 0 radical (unpaired) electrons. The third-order valence-electron chi connectivity index (χ3n) is 4.37. The molecule has 3 N–H and O–H groups in total. The summed E-state index contributed by atoms with van der Waals surface area (Å²) in [7, 11) is 0. The standard InChI is InChI=1S/C20H19N5O2/c1-2-13-8-9-16(26)11-17(13)21-12-15-10-18(27)25-20(22-15)23-19(24-25)14-6-4-3-5-7-14/h3-11,21,26H,2,12H2,1H3,(H,22,23,24). The van der Waals surface area contributed by atoms with Crippen LogP contribution in [0.3, 0.4) is 0 Å². The Morgan fingerprint density at radius 3 is 2.70 bits per heavy atom. The normalized spacial score (nSPS) is 11.0. The van der Waals surface area contributed by atoms with E-state index < -0.39 is 0 Å². The van der Waals surface area contributed by atoms with Gasteiger partial charge in [0.25, 0.3) is 11.3 Å². The first-order valence-electron chi connectivity index (χ1n) is 8.74. The van der Waals surface area contributed by atoms with Crippen molar-refractivity contribution in [1.29, 1.82) is 0 Å². The van der Waals surface area contributed by atoms with E-state index in [1.54, 1.807) is 12.1 Å². The second-order valence-corrected chi connectivity index (χ2v) is 6.21. The van der Waals surface area contributed by atoms with Gasteiger partial charge in [-0.25, -0.2) is 4.98 Å². The molecule has 27 heavy (non-hydrogen) atoms. The summed E-state index contributed by atoms with van der Waals surface area (Å²) in [6, 6.07) is 16.3. The van der Waals surface area contributed by atoms with Crippen LogP contribution in [0.4, 0.5) is 5.69 Å². The van der Waals surface area contributed by atoms with E-state index in [2.05, 4.69) is 20.4 Å². The number of anilines is 1. The minimum Gasteiger partial charge on any atom is -0.508 e. The van der Waals surface area contributed by atoms with E-state index >= 15 is 0 Å².